The van der Waals surface area contributed by atoms with Crippen LogP contribution < -0.4 is 4.80 Å². The van der Waals surface area contributed by atoms with E-state index in [9.17, 15) is 17.6 Å². The summed E-state index contributed by atoms with van der Waals surface area (Å²) in [5.74, 6) is -1.03. The van der Waals surface area contributed by atoms with E-state index in [1.807, 2.05) is 12.1 Å². The number of hydrogen-bond donors (Lipinski definition) is 0. The normalized spacial score (nSPS) is 12.5. The molecule has 1 heterocycles. The Balaban J connectivity index is 2.15. The van der Waals surface area contributed by atoms with Crippen LogP contribution in [0.3, 0.4) is 0 Å². The maximum absolute atomic E-state index is 13.0. The van der Waals surface area contributed by atoms with Crippen LogP contribution in [0.25, 0.3) is 10.2 Å². The lowest BCUT2D eigenvalue weighted by atomic mass is 10.3. The molecule has 0 fully saturated rings. The fraction of sp³-hybridized carbons (Fsp3) is 0.176. The largest absolute Gasteiger partial charge is 0.465 e. The first-order valence-electron chi connectivity index (χ1n) is 7.71. The van der Waals surface area contributed by atoms with Crippen LogP contribution in [0.4, 0.5) is 4.39 Å². The molecule has 3 aromatic rings. The van der Waals surface area contributed by atoms with E-state index < -0.39 is 21.8 Å². The number of sulfonamides is 1. The molecule has 9 heteroatoms. The Labute approximate surface area is 153 Å². The molecule has 3 rings (SSSR count). The zero-order valence-corrected chi connectivity index (χ0v) is 15.4. The monoisotopic (exact) mass is 394 g/mol. The zero-order chi connectivity index (χ0) is 18.7. The molecule has 0 saturated carbocycles. The van der Waals surface area contributed by atoms with Gasteiger partial charge in [-0.2, -0.15) is 8.42 Å². The predicted molar refractivity (Wildman–Crippen MR) is 95.6 cm³/mol. The lowest BCUT2D eigenvalue weighted by Gasteiger charge is -2.05. The summed E-state index contributed by atoms with van der Waals surface area (Å²) >= 11 is 1.14. The minimum atomic E-state index is -4.05. The van der Waals surface area contributed by atoms with Gasteiger partial charge in [0, 0.05) is 0 Å². The number of aromatic nitrogens is 1. The molecule has 0 saturated heterocycles. The van der Waals surface area contributed by atoms with Gasteiger partial charge in [-0.3, -0.25) is 4.79 Å². The summed E-state index contributed by atoms with van der Waals surface area (Å²) < 4.78 is 49.2. The number of hydrogen-bond acceptors (Lipinski definition) is 5. The minimum Gasteiger partial charge on any atom is -0.465 e. The van der Waals surface area contributed by atoms with Gasteiger partial charge in [-0.25, -0.2) is 4.39 Å². The second kappa shape index (κ2) is 7.38. The number of halogens is 1. The standard InChI is InChI=1S/C17H15FN2O4S2/c1-2-24-16(21)11-20-14-5-3-4-6-15(14)25-17(20)19-26(22,23)13-9-7-12(18)8-10-13/h3-10H,2,11H2,1H3. The van der Waals surface area contributed by atoms with Crippen molar-refractivity contribution in [3.05, 3.63) is 59.1 Å². The topological polar surface area (TPSA) is 77.7 Å². The number of carbonyl (C=O) groups excluding carboxylic acids is 1. The number of ether oxygens (including phenoxy) is 1. The highest BCUT2D eigenvalue weighted by Gasteiger charge is 2.16. The van der Waals surface area contributed by atoms with Crippen molar-refractivity contribution in [1.29, 1.82) is 0 Å². The Hall–Kier alpha value is -2.52. The maximum atomic E-state index is 13.0. The smallest absolute Gasteiger partial charge is 0.326 e. The SMILES string of the molecule is CCOC(=O)Cn1c(=NS(=O)(=O)c2ccc(F)cc2)sc2ccccc21. The average Bonchev–Trinajstić information content (AvgIpc) is 2.92. The summed E-state index contributed by atoms with van der Waals surface area (Å²) in [6.45, 7) is 1.76. The van der Waals surface area contributed by atoms with Crippen LogP contribution >= 0.6 is 11.3 Å². The molecule has 0 unspecified atom stereocenters. The molecule has 0 aliphatic carbocycles. The molecule has 1 aromatic heterocycles. The Morgan fingerprint density at radius 3 is 2.58 bits per heavy atom. The molecule has 0 spiro atoms. The molecule has 26 heavy (non-hydrogen) atoms. The van der Waals surface area contributed by atoms with Crippen LogP contribution in [-0.4, -0.2) is 25.6 Å². The number of para-hydroxylation sites is 1. The fourth-order valence-electron chi connectivity index (χ4n) is 2.34. The van der Waals surface area contributed by atoms with Crippen LogP contribution in [0.2, 0.25) is 0 Å². The molecule has 0 amide bonds. The summed E-state index contributed by atoms with van der Waals surface area (Å²) in [5.41, 5.74) is 0.679. The number of fused-ring (bicyclic) bond motifs is 1. The van der Waals surface area contributed by atoms with Crippen molar-refractivity contribution in [2.24, 2.45) is 4.40 Å². The van der Waals surface area contributed by atoms with Gasteiger partial charge in [-0.1, -0.05) is 23.5 Å². The van der Waals surface area contributed by atoms with Gasteiger partial charge in [0.2, 0.25) is 4.80 Å². The lowest BCUT2D eigenvalue weighted by Crippen LogP contribution is -2.23. The summed E-state index contributed by atoms with van der Waals surface area (Å²) in [6, 6.07) is 11.6. The van der Waals surface area contributed by atoms with Gasteiger partial charge < -0.3 is 9.30 Å². The molecule has 0 aliphatic heterocycles. The summed E-state index contributed by atoms with van der Waals surface area (Å²) in [6.07, 6.45) is 0. The van der Waals surface area contributed by atoms with Crippen LogP contribution in [0.1, 0.15) is 6.92 Å². The van der Waals surface area contributed by atoms with E-state index >= 15 is 0 Å². The molecule has 0 N–H and O–H groups in total. The number of carbonyl (C=O) groups is 1. The van der Waals surface area contributed by atoms with Crippen molar-refractivity contribution in [3.8, 4) is 0 Å². The van der Waals surface area contributed by atoms with Gasteiger partial charge in [-0.15, -0.1) is 4.40 Å². The van der Waals surface area contributed by atoms with E-state index in [0.29, 0.717) is 5.52 Å². The number of rotatable bonds is 5. The predicted octanol–water partition coefficient (Wildman–Crippen LogP) is 2.69. The molecule has 0 radical (unpaired) electrons. The summed E-state index contributed by atoms with van der Waals surface area (Å²) in [7, 11) is -4.05. The minimum absolute atomic E-state index is 0.126. The second-order valence-corrected chi connectivity index (χ2v) is 7.88. The van der Waals surface area contributed by atoms with Crippen molar-refractivity contribution < 1.29 is 22.3 Å². The Morgan fingerprint density at radius 1 is 1.19 bits per heavy atom. The second-order valence-electron chi connectivity index (χ2n) is 5.26. The van der Waals surface area contributed by atoms with Gasteiger partial charge >= 0.3 is 5.97 Å². The number of benzene rings is 2. The van der Waals surface area contributed by atoms with Crippen LogP contribution in [-0.2, 0) is 26.1 Å². The zero-order valence-electron chi connectivity index (χ0n) is 13.8. The van der Waals surface area contributed by atoms with Crippen LogP contribution in [0.5, 0.6) is 0 Å². The van der Waals surface area contributed by atoms with Crippen LogP contribution in [0, 0.1) is 5.82 Å². The lowest BCUT2D eigenvalue weighted by molar-refractivity contribution is -0.143. The molecule has 0 atom stereocenters. The van der Waals surface area contributed by atoms with Crippen molar-refractivity contribution in [1.82, 2.24) is 4.57 Å². The maximum Gasteiger partial charge on any atom is 0.326 e. The molecular formula is C17H15FN2O4S2. The highest BCUT2D eigenvalue weighted by molar-refractivity contribution is 7.90. The highest BCUT2D eigenvalue weighted by atomic mass is 32.2. The molecule has 0 bridgehead atoms. The first-order valence-corrected chi connectivity index (χ1v) is 9.97. The molecule has 136 valence electrons. The quantitative estimate of drug-likeness (QED) is 0.624. The Morgan fingerprint density at radius 2 is 1.88 bits per heavy atom. The third kappa shape index (κ3) is 3.83. The van der Waals surface area contributed by atoms with E-state index in [-0.39, 0.29) is 22.8 Å². The molecule has 0 aliphatic rings. The molecule has 6 nitrogen and oxygen atoms in total. The third-order valence-corrected chi connectivity index (χ3v) is 5.95. The number of thiazole rings is 1. The summed E-state index contributed by atoms with van der Waals surface area (Å²) in [4.78, 5) is 11.9. The van der Waals surface area contributed by atoms with E-state index in [1.165, 1.54) is 4.57 Å². The first-order chi connectivity index (χ1) is 12.4. The van der Waals surface area contributed by atoms with E-state index in [0.717, 1.165) is 40.3 Å². The van der Waals surface area contributed by atoms with Crippen molar-refractivity contribution in [3.63, 3.8) is 0 Å². The van der Waals surface area contributed by atoms with Crippen molar-refractivity contribution in [2.75, 3.05) is 6.61 Å². The third-order valence-electron chi connectivity index (χ3n) is 3.49. The number of nitrogens with zero attached hydrogens (tertiary/aromatic N) is 2. The van der Waals surface area contributed by atoms with E-state index in [2.05, 4.69) is 4.40 Å². The molecular weight excluding hydrogens is 379 g/mol. The van der Waals surface area contributed by atoms with Gasteiger partial charge in [-0.05, 0) is 43.3 Å². The summed E-state index contributed by atoms with van der Waals surface area (Å²) in [5, 5.41) is 0. The fourth-order valence-corrected chi connectivity index (χ4v) is 4.57. The van der Waals surface area contributed by atoms with Crippen LogP contribution in [0.15, 0.2) is 57.8 Å². The Bertz CT molecular complexity index is 1120. The first kappa shape index (κ1) is 18.3. The highest BCUT2D eigenvalue weighted by Crippen LogP contribution is 2.18. The van der Waals surface area contributed by atoms with Gasteiger partial charge in [0.05, 0.1) is 21.7 Å². The van der Waals surface area contributed by atoms with E-state index in [4.69, 9.17) is 4.74 Å². The van der Waals surface area contributed by atoms with Crippen molar-refractivity contribution >= 4 is 37.5 Å². The van der Waals surface area contributed by atoms with Gasteiger partial charge in [0.15, 0.2) is 0 Å². The van der Waals surface area contributed by atoms with Gasteiger partial charge in [0.1, 0.15) is 12.4 Å². The Kier molecular flexibility index (Phi) is 5.19. The number of esters is 1. The average molecular weight is 394 g/mol. The van der Waals surface area contributed by atoms with Gasteiger partial charge in [0.25, 0.3) is 10.0 Å². The van der Waals surface area contributed by atoms with Crippen molar-refractivity contribution in [2.45, 2.75) is 18.4 Å². The molecule has 2 aromatic carbocycles. The van der Waals surface area contributed by atoms with E-state index in [1.54, 1.807) is 19.1 Å².